The van der Waals surface area contributed by atoms with E-state index in [0.717, 1.165) is 28.5 Å². The topological polar surface area (TPSA) is 39.7 Å². The molecule has 4 heteroatoms. The molecule has 0 heterocycles. The first-order chi connectivity index (χ1) is 13.2. The zero-order valence-corrected chi connectivity index (χ0v) is 15.7. The van der Waals surface area contributed by atoms with Crippen LogP contribution in [0.3, 0.4) is 0 Å². The van der Waals surface area contributed by atoms with Gasteiger partial charge in [-0.2, -0.15) is 0 Å². The van der Waals surface area contributed by atoms with Crippen LogP contribution in [0.25, 0.3) is 0 Å². The molecule has 0 saturated heterocycles. The molecule has 0 saturated carbocycles. The van der Waals surface area contributed by atoms with Gasteiger partial charge in [-0.05, 0) is 48.9 Å². The molecule has 0 bridgehead atoms. The Bertz CT molecular complexity index is 819. The molecule has 0 fully saturated rings. The zero-order chi connectivity index (χ0) is 18.9. The largest absolute Gasteiger partial charge is 0.497 e. The number of hydrogen-bond donors (Lipinski definition) is 1. The van der Waals surface area contributed by atoms with E-state index in [9.17, 15) is 0 Å². The van der Waals surface area contributed by atoms with Gasteiger partial charge in [0.05, 0.1) is 13.7 Å². The number of rotatable bonds is 9. The molecule has 1 atom stereocenters. The predicted molar refractivity (Wildman–Crippen MR) is 109 cm³/mol. The maximum atomic E-state index is 5.92. The third kappa shape index (κ3) is 5.96. The average Bonchev–Trinajstić information content (AvgIpc) is 2.72. The Morgan fingerprint density at radius 2 is 1.56 bits per heavy atom. The molecule has 1 N–H and O–H groups in total. The number of ether oxygens (including phenoxy) is 3. The van der Waals surface area contributed by atoms with Crippen LogP contribution in [0.5, 0.6) is 17.2 Å². The molecule has 3 rings (SSSR count). The van der Waals surface area contributed by atoms with Crippen molar-refractivity contribution in [1.82, 2.24) is 0 Å². The quantitative estimate of drug-likeness (QED) is 0.570. The number of anilines is 1. The van der Waals surface area contributed by atoms with Crippen molar-refractivity contribution in [2.45, 2.75) is 19.6 Å². The minimum atomic E-state index is 0.0206. The van der Waals surface area contributed by atoms with E-state index >= 15 is 0 Å². The first-order valence-electron chi connectivity index (χ1n) is 9.04. The van der Waals surface area contributed by atoms with Crippen molar-refractivity contribution < 1.29 is 14.2 Å². The van der Waals surface area contributed by atoms with Crippen LogP contribution in [0, 0.1) is 0 Å². The van der Waals surface area contributed by atoms with Crippen LogP contribution in [0.2, 0.25) is 0 Å². The van der Waals surface area contributed by atoms with Crippen molar-refractivity contribution >= 4 is 5.69 Å². The van der Waals surface area contributed by atoms with E-state index in [1.54, 1.807) is 7.11 Å². The fourth-order valence-corrected chi connectivity index (χ4v) is 2.63. The third-order valence-electron chi connectivity index (χ3n) is 4.07. The lowest BCUT2D eigenvalue weighted by molar-refractivity contribution is 0.234. The van der Waals surface area contributed by atoms with Crippen molar-refractivity contribution in [3.8, 4) is 17.2 Å². The molecule has 140 valence electrons. The summed E-state index contributed by atoms with van der Waals surface area (Å²) in [6.07, 6.45) is 0.0206. The lowest BCUT2D eigenvalue weighted by Gasteiger charge is -2.17. The summed E-state index contributed by atoms with van der Waals surface area (Å²) in [7, 11) is 1.65. The molecular formula is C23H25NO3. The van der Waals surface area contributed by atoms with Gasteiger partial charge in [0.2, 0.25) is 0 Å². The first kappa shape index (κ1) is 18.6. The molecule has 0 radical (unpaired) electrons. The molecule has 0 aliphatic rings. The lowest BCUT2D eigenvalue weighted by Crippen LogP contribution is -2.22. The predicted octanol–water partition coefficient (Wildman–Crippen LogP) is 5.15. The summed E-state index contributed by atoms with van der Waals surface area (Å²) in [5, 5.41) is 3.40. The Hall–Kier alpha value is -3.14. The second-order valence-electron chi connectivity index (χ2n) is 6.29. The van der Waals surface area contributed by atoms with Gasteiger partial charge in [0.1, 0.15) is 30.0 Å². The highest BCUT2D eigenvalue weighted by Gasteiger charge is 2.05. The highest BCUT2D eigenvalue weighted by Crippen LogP contribution is 2.20. The van der Waals surface area contributed by atoms with Gasteiger partial charge in [0, 0.05) is 11.8 Å². The van der Waals surface area contributed by atoms with E-state index in [2.05, 4.69) is 17.4 Å². The van der Waals surface area contributed by atoms with Crippen LogP contribution in [0.4, 0.5) is 5.69 Å². The zero-order valence-electron chi connectivity index (χ0n) is 15.7. The summed E-state index contributed by atoms with van der Waals surface area (Å²) >= 11 is 0. The molecule has 0 aliphatic carbocycles. The smallest absolute Gasteiger partial charge is 0.121 e. The Kier molecular flexibility index (Phi) is 6.58. The van der Waals surface area contributed by atoms with Crippen LogP contribution >= 0.6 is 0 Å². The Morgan fingerprint density at radius 1 is 0.815 bits per heavy atom. The summed E-state index contributed by atoms with van der Waals surface area (Å²) in [5.41, 5.74) is 2.16. The van der Waals surface area contributed by atoms with Gasteiger partial charge in [-0.15, -0.1) is 0 Å². The van der Waals surface area contributed by atoms with Crippen molar-refractivity contribution in [2.24, 2.45) is 0 Å². The van der Waals surface area contributed by atoms with Gasteiger partial charge in [0.25, 0.3) is 0 Å². The maximum absolute atomic E-state index is 5.92. The average molecular weight is 363 g/mol. The number of nitrogens with one attached hydrogen (secondary N) is 1. The number of methoxy groups -OCH3 is 1. The standard InChI is InChI=1S/C23H25NO3/c1-18(27-22-13-11-21(25-2)12-14-22)16-24-20-9-6-10-23(15-20)26-17-19-7-4-3-5-8-19/h3-15,18,24H,16-17H2,1-2H3. The van der Waals surface area contributed by atoms with Crippen LogP contribution in [0.15, 0.2) is 78.9 Å². The van der Waals surface area contributed by atoms with Gasteiger partial charge in [-0.3, -0.25) is 0 Å². The second-order valence-corrected chi connectivity index (χ2v) is 6.29. The summed E-state index contributed by atoms with van der Waals surface area (Å²) in [4.78, 5) is 0. The molecule has 3 aromatic rings. The van der Waals surface area contributed by atoms with Crippen LogP contribution in [-0.2, 0) is 6.61 Å². The lowest BCUT2D eigenvalue weighted by atomic mass is 10.2. The summed E-state index contributed by atoms with van der Waals surface area (Å²) in [6.45, 7) is 3.28. The fraction of sp³-hybridized carbons (Fsp3) is 0.217. The van der Waals surface area contributed by atoms with E-state index in [-0.39, 0.29) is 6.10 Å². The summed E-state index contributed by atoms with van der Waals surface area (Å²) < 4.78 is 17.0. The van der Waals surface area contributed by atoms with Gasteiger partial charge >= 0.3 is 0 Å². The number of benzene rings is 3. The van der Waals surface area contributed by atoms with Gasteiger partial charge in [-0.25, -0.2) is 0 Å². The molecule has 3 aromatic carbocycles. The SMILES string of the molecule is COc1ccc(OC(C)CNc2cccc(OCc3ccccc3)c2)cc1. The first-order valence-corrected chi connectivity index (χ1v) is 9.04. The van der Waals surface area contributed by atoms with E-state index in [1.807, 2.05) is 73.7 Å². The van der Waals surface area contributed by atoms with Crippen LogP contribution < -0.4 is 19.5 Å². The highest BCUT2D eigenvalue weighted by molar-refractivity contribution is 5.48. The molecule has 27 heavy (non-hydrogen) atoms. The van der Waals surface area contributed by atoms with Crippen molar-refractivity contribution in [3.63, 3.8) is 0 Å². The maximum Gasteiger partial charge on any atom is 0.121 e. The third-order valence-corrected chi connectivity index (χ3v) is 4.07. The minimum absolute atomic E-state index is 0.0206. The number of hydrogen-bond acceptors (Lipinski definition) is 4. The van der Waals surface area contributed by atoms with Crippen molar-refractivity contribution in [3.05, 3.63) is 84.4 Å². The van der Waals surface area contributed by atoms with E-state index < -0.39 is 0 Å². The minimum Gasteiger partial charge on any atom is -0.497 e. The van der Waals surface area contributed by atoms with E-state index in [4.69, 9.17) is 14.2 Å². The highest BCUT2D eigenvalue weighted by atomic mass is 16.5. The van der Waals surface area contributed by atoms with Gasteiger partial charge in [-0.1, -0.05) is 36.4 Å². The molecule has 0 amide bonds. The van der Waals surface area contributed by atoms with Crippen LogP contribution in [0.1, 0.15) is 12.5 Å². The summed E-state index contributed by atoms with van der Waals surface area (Å²) in [6, 6.07) is 25.7. The van der Waals surface area contributed by atoms with Crippen LogP contribution in [-0.4, -0.2) is 19.8 Å². The molecule has 1 unspecified atom stereocenters. The molecule has 4 nitrogen and oxygen atoms in total. The molecule has 0 aliphatic heterocycles. The van der Waals surface area contributed by atoms with E-state index in [0.29, 0.717) is 13.2 Å². The van der Waals surface area contributed by atoms with E-state index in [1.165, 1.54) is 0 Å². The fourth-order valence-electron chi connectivity index (χ4n) is 2.63. The second kappa shape index (κ2) is 9.53. The van der Waals surface area contributed by atoms with Crippen molar-refractivity contribution in [2.75, 3.05) is 19.0 Å². The van der Waals surface area contributed by atoms with Gasteiger partial charge in [0.15, 0.2) is 0 Å². The molecule has 0 spiro atoms. The Morgan fingerprint density at radius 3 is 2.30 bits per heavy atom. The molecular weight excluding hydrogens is 338 g/mol. The van der Waals surface area contributed by atoms with Gasteiger partial charge < -0.3 is 19.5 Å². The monoisotopic (exact) mass is 363 g/mol. The normalized spacial score (nSPS) is 11.5. The molecule has 0 aromatic heterocycles. The van der Waals surface area contributed by atoms with Crippen molar-refractivity contribution in [1.29, 1.82) is 0 Å². The summed E-state index contributed by atoms with van der Waals surface area (Å²) in [5.74, 6) is 2.48. The Balaban J connectivity index is 1.48. The Labute approximate surface area is 160 Å².